The van der Waals surface area contributed by atoms with Crippen molar-refractivity contribution in [2.45, 2.75) is 50.0 Å². The Kier molecular flexibility index (Phi) is 6.17. The van der Waals surface area contributed by atoms with E-state index in [1.54, 1.807) is 9.47 Å². The molecule has 1 atom stereocenters. The maximum absolute atomic E-state index is 13.1. The van der Waals surface area contributed by atoms with Crippen LogP contribution in [0.2, 0.25) is 0 Å². The summed E-state index contributed by atoms with van der Waals surface area (Å²) in [5.74, 6) is -0.172. The third-order valence-electron chi connectivity index (χ3n) is 5.34. The summed E-state index contributed by atoms with van der Waals surface area (Å²) in [6.07, 6.45) is 2.56. The number of aromatic amines is 1. The van der Waals surface area contributed by atoms with Gasteiger partial charge in [0, 0.05) is 24.0 Å². The topological polar surface area (TPSA) is 109 Å². The average Bonchev–Trinajstić information content (AvgIpc) is 3.56. The van der Waals surface area contributed by atoms with Crippen molar-refractivity contribution >= 4 is 23.8 Å². The highest BCUT2D eigenvalue weighted by Gasteiger charge is 2.44. The number of rotatable bonds is 8. The van der Waals surface area contributed by atoms with Gasteiger partial charge in [0.2, 0.25) is 0 Å². The molecule has 1 fully saturated rings. The van der Waals surface area contributed by atoms with Crippen molar-refractivity contribution in [3.05, 3.63) is 57.6 Å². The van der Waals surface area contributed by atoms with Gasteiger partial charge in [0.25, 0.3) is 0 Å². The summed E-state index contributed by atoms with van der Waals surface area (Å²) in [5.41, 5.74) is 1.55. The number of carbonyl (C=O) groups excluding carboxylic acids is 2. The number of amides is 2. The molecule has 0 bridgehead atoms. The Bertz CT molecular complexity index is 1060. The van der Waals surface area contributed by atoms with Crippen molar-refractivity contribution in [1.29, 1.82) is 0 Å². The molecule has 2 aliphatic rings. The van der Waals surface area contributed by atoms with Gasteiger partial charge in [-0.1, -0.05) is 49.0 Å². The molecule has 9 nitrogen and oxygen atoms in total. The van der Waals surface area contributed by atoms with Crippen molar-refractivity contribution in [2.75, 3.05) is 12.9 Å². The Balaban J connectivity index is 1.76. The molecule has 4 rings (SSSR count). The van der Waals surface area contributed by atoms with Crippen LogP contribution in [0, 0.1) is 0 Å². The Morgan fingerprint density at radius 1 is 1.26 bits per heavy atom. The van der Waals surface area contributed by atoms with Crippen molar-refractivity contribution < 1.29 is 14.3 Å². The summed E-state index contributed by atoms with van der Waals surface area (Å²) < 4.78 is 6.68. The van der Waals surface area contributed by atoms with Gasteiger partial charge >= 0.3 is 17.7 Å². The third-order valence-corrected chi connectivity index (χ3v) is 6.32. The van der Waals surface area contributed by atoms with E-state index in [-0.39, 0.29) is 17.8 Å². The molecular weight excluding hydrogens is 418 g/mol. The van der Waals surface area contributed by atoms with E-state index in [2.05, 4.69) is 15.5 Å². The van der Waals surface area contributed by atoms with Crippen LogP contribution >= 0.6 is 11.8 Å². The van der Waals surface area contributed by atoms with E-state index in [1.165, 1.54) is 18.9 Å². The predicted octanol–water partition coefficient (Wildman–Crippen LogP) is 2.43. The molecule has 10 heteroatoms. The predicted molar refractivity (Wildman–Crippen MR) is 115 cm³/mol. The van der Waals surface area contributed by atoms with Gasteiger partial charge in [-0.05, 0) is 24.8 Å². The number of esters is 1. The number of ether oxygens (including phenoxy) is 1. The van der Waals surface area contributed by atoms with E-state index in [1.807, 2.05) is 37.3 Å². The number of H-pyrrole nitrogens is 1. The lowest BCUT2D eigenvalue weighted by atomic mass is 9.95. The van der Waals surface area contributed by atoms with Gasteiger partial charge in [0.05, 0.1) is 18.7 Å². The van der Waals surface area contributed by atoms with Crippen molar-refractivity contribution in [1.82, 2.24) is 25.0 Å². The minimum atomic E-state index is -0.608. The zero-order valence-electron chi connectivity index (χ0n) is 17.5. The summed E-state index contributed by atoms with van der Waals surface area (Å²) in [7, 11) is 1.34. The molecule has 2 N–H and O–H groups in total. The monoisotopic (exact) mass is 443 g/mol. The number of hydrogen-bond acceptors (Lipinski definition) is 6. The Labute approximate surface area is 183 Å². The fourth-order valence-electron chi connectivity index (χ4n) is 3.76. The van der Waals surface area contributed by atoms with Gasteiger partial charge in [-0.15, -0.1) is 5.10 Å². The fraction of sp³-hybridized carbons (Fsp3) is 0.429. The SMILES string of the molecule is CCCn1c(SCC2=C(C(=O)OC)C(c3ccccc3)NC(=O)N2C2CC2)n[nH]c1=O. The number of methoxy groups -OCH3 is 1. The molecule has 2 aromatic rings. The first-order valence-electron chi connectivity index (χ1n) is 10.3. The largest absolute Gasteiger partial charge is 0.466 e. The summed E-state index contributed by atoms with van der Waals surface area (Å²) in [6, 6.07) is 8.58. The lowest BCUT2D eigenvalue weighted by Crippen LogP contribution is -2.50. The molecule has 2 amide bonds. The quantitative estimate of drug-likeness (QED) is 0.479. The van der Waals surface area contributed by atoms with Gasteiger partial charge in [-0.3, -0.25) is 9.47 Å². The van der Waals surface area contributed by atoms with Crippen LogP contribution < -0.4 is 11.0 Å². The van der Waals surface area contributed by atoms with Crippen molar-refractivity contribution in [3.63, 3.8) is 0 Å². The van der Waals surface area contributed by atoms with Crippen LogP contribution in [-0.2, 0) is 16.1 Å². The lowest BCUT2D eigenvalue weighted by molar-refractivity contribution is -0.136. The molecule has 1 aromatic carbocycles. The Morgan fingerprint density at radius 2 is 2.00 bits per heavy atom. The number of aromatic nitrogens is 3. The maximum Gasteiger partial charge on any atom is 0.343 e. The molecule has 1 unspecified atom stereocenters. The van der Waals surface area contributed by atoms with E-state index in [0.717, 1.165) is 24.8 Å². The lowest BCUT2D eigenvalue weighted by Gasteiger charge is -2.36. The van der Waals surface area contributed by atoms with Crippen molar-refractivity contribution in [3.8, 4) is 0 Å². The second-order valence-electron chi connectivity index (χ2n) is 7.50. The Morgan fingerprint density at radius 3 is 2.65 bits per heavy atom. The van der Waals surface area contributed by atoms with E-state index >= 15 is 0 Å². The van der Waals surface area contributed by atoms with E-state index in [0.29, 0.717) is 28.7 Å². The first kappa shape index (κ1) is 21.2. The van der Waals surface area contributed by atoms with Gasteiger partial charge in [-0.25, -0.2) is 19.5 Å². The summed E-state index contributed by atoms with van der Waals surface area (Å²) in [4.78, 5) is 39.7. The maximum atomic E-state index is 13.1. The first-order chi connectivity index (χ1) is 15.0. The highest BCUT2D eigenvalue weighted by atomic mass is 32.2. The van der Waals surface area contributed by atoms with Crippen LogP contribution in [-0.4, -0.2) is 50.6 Å². The minimum Gasteiger partial charge on any atom is -0.466 e. The standard InChI is InChI=1S/C21H25N5O4S/c1-3-11-25-20(29)23-24-21(25)31-12-15-16(18(27)30-2)17(13-7-5-4-6-8-13)22-19(28)26(15)14-9-10-14/h4-8,14,17H,3,9-12H2,1-2H3,(H,22,28)(H,23,29). The van der Waals surface area contributed by atoms with E-state index in [9.17, 15) is 14.4 Å². The highest BCUT2D eigenvalue weighted by Crippen LogP contribution is 2.39. The molecule has 31 heavy (non-hydrogen) atoms. The number of urea groups is 1. The zero-order chi connectivity index (χ0) is 22.0. The molecule has 0 saturated heterocycles. The summed E-state index contributed by atoms with van der Waals surface area (Å²) in [5, 5.41) is 10.1. The van der Waals surface area contributed by atoms with E-state index < -0.39 is 12.0 Å². The zero-order valence-corrected chi connectivity index (χ0v) is 18.3. The molecule has 2 heterocycles. The first-order valence-corrected chi connectivity index (χ1v) is 11.3. The van der Waals surface area contributed by atoms with Crippen LogP contribution in [0.4, 0.5) is 4.79 Å². The van der Waals surface area contributed by atoms with E-state index in [4.69, 9.17) is 4.74 Å². The molecule has 1 aromatic heterocycles. The third kappa shape index (κ3) is 4.25. The molecule has 0 spiro atoms. The van der Waals surface area contributed by atoms with Gasteiger partial charge < -0.3 is 10.1 Å². The van der Waals surface area contributed by atoms with Gasteiger partial charge in [0.15, 0.2) is 5.16 Å². The summed E-state index contributed by atoms with van der Waals surface area (Å²) in [6.45, 7) is 2.52. The number of carbonyl (C=O) groups is 2. The molecule has 1 aliphatic carbocycles. The summed E-state index contributed by atoms with van der Waals surface area (Å²) >= 11 is 1.33. The van der Waals surface area contributed by atoms with Crippen LogP contribution in [0.15, 0.2) is 51.6 Å². The minimum absolute atomic E-state index is 0.0593. The molecule has 1 aliphatic heterocycles. The number of hydrogen-bond donors (Lipinski definition) is 2. The molecule has 164 valence electrons. The van der Waals surface area contributed by atoms with Gasteiger partial charge in [-0.2, -0.15) is 0 Å². The molecule has 1 saturated carbocycles. The van der Waals surface area contributed by atoms with Crippen LogP contribution in [0.3, 0.4) is 0 Å². The van der Waals surface area contributed by atoms with Crippen molar-refractivity contribution in [2.24, 2.45) is 0 Å². The number of benzene rings is 1. The molecular formula is C21H25N5O4S. The average molecular weight is 444 g/mol. The number of nitrogens with one attached hydrogen (secondary N) is 2. The number of nitrogens with zero attached hydrogens (tertiary/aromatic N) is 3. The van der Waals surface area contributed by atoms with Crippen LogP contribution in [0.1, 0.15) is 37.8 Å². The normalized spacial score (nSPS) is 18.8. The fourth-order valence-corrected chi connectivity index (χ4v) is 4.76. The smallest absolute Gasteiger partial charge is 0.343 e. The number of thioether (sulfide) groups is 1. The second kappa shape index (κ2) is 9.01. The Hall–Kier alpha value is -3.01. The molecule has 0 radical (unpaired) electrons. The van der Waals surface area contributed by atoms with Crippen LogP contribution in [0.25, 0.3) is 0 Å². The van der Waals surface area contributed by atoms with Crippen LogP contribution in [0.5, 0.6) is 0 Å². The second-order valence-corrected chi connectivity index (χ2v) is 8.44. The van der Waals surface area contributed by atoms with Gasteiger partial charge in [0.1, 0.15) is 0 Å². The highest BCUT2D eigenvalue weighted by molar-refractivity contribution is 7.99.